The monoisotopic (exact) mass is 154 g/mol. The topological polar surface area (TPSA) is 0 Å². The molecule has 0 aromatic rings. The van der Waals surface area contributed by atoms with Crippen molar-refractivity contribution in [3.05, 3.63) is 0 Å². The first-order chi connectivity index (χ1) is 3.06. The van der Waals surface area contributed by atoms with Gasteiger partial charge in [0, 0.05) is 5.88 Å². The van der Waals surface area contributed by atoms with Crippen molar-refractivity contribution in [2.45, 2.75) is 27.2 Å². The summed E-state index contributed by atoms with van der Waals surface area (Å²) in [6.07, 6.45) is 1.11. The standard InChI is InChI=1S/C6H13Cl.H3P/c1-6(2,3)4-5-7;/h4-5H2,1-3H3;1H3. The van der Waals surface area contributed by atoms with Gasteiger partial charge in [-0.1, -0.05) is 20.8 Å². The summed E-state index contributed by atoms with van der Waals surface area (Å²) in [5, 5.41) is 0. The molecular formula is C6H16ClP. The molecule has 8 heavy (non-hydrogen) atoms. The van der Waals surface area contributed by atoms with E-state index in [1.165, 1.54) is 0 Å². The highest BCUT2D eigenvalue weighted by atomic mass is 35.5. The summed E-state index contributed by atoms with van der Waals surface area (Å²) in [5.74, 6) is 0.781. The zero-order valence-corrected chi connectivity index (χ0v) is 8.17. The van der Waals surface area contributed by atoms with E-state index in [1.54, 1.807) is 0 Å². The molecule has 1 unspecified atom stereocenters. The summed E-state index contributed by atoms with van der Waals surface area (Å²) in [6.45, 7) is 6.57. The predicted molar refractivity (Wildman–Crippen MR) is 45.9 cm³/mol. The summed E-state index contributed by atoms with van der Waals surface area (Å²) in [4.78, 5) is 0. The lowest BCUT2D eigenvalue weighted by molar-refractivity contribution is 0.400. The highest BCUT2D eigenvalue weighted by Gasteiger charge is 2.06. The van der Waals surface area contributed by atoms with Gasteiger partial charge in [-0.25, -0.2) is 0 Å². The second-order valence-electron chi connectivity index (χ2n) is 3.00. The smallest absolute Gasteiger partial charge is 0.0228 e. The van der Waals surface area contributed by atoms with Gasteiger partial charge in [0.2, 0.25) is 0 Å². The zero-order chi connectivity index (χ0) is 5.91. The van der Waals surface area contributed by atoms with Crippen molar-refractivity contribution in [2.24, 2.45) is 5.41 Å². The first-order valence-electron chi connectivity index (χ1n) is 2.62. The summed E-state index contributed by atoms with van der Waals surface area (Å²) < 4.78 is 0. The molecule has 0 aliphatic carbocycles. The maximum atomic E-state index is 5.49. The van der Waals surface area contributed by atoms with Crippen LogP contribution in [-0.2, 0) is 0 Å². The maximum absolute atomic E-state index is 5.49. The number of hydrogen-bond acceptors (Lipinski definition) is 0. The van der Waals surface area contributed by atoms with Gasteiger partial charge in [0.1, 0.15) is 0 Å². The summed E-state index contributed by atoms with van der Waals surface area (Å²) in [5.41, 5.74) is 0.418. The highest BCUT2D eigenvalue weighted by Crippen LogP contribution is 2.18. The van der Waals surface area contributed by atoms with Crippen LogP contribution in [0.25, 0.3) is 0 Å². The molecule has 0 heterocycles. The number of rotatable bonds is 1. The maximum Gasteiger partial charge on any atom is 0.0228 e. The van der Waals surface area contributed by atoms with Crippen LogP contribution in [-0.4, -0.2) is 5.88 Å². The molecule has 0 saturated carbocycles. The summed E-state index contributed by atoms with van der Waals surface area (Å²) >= 11 is 5.49. The Balaban J connectivity index is 0. The first-order valence-corrected chi connectivity index (χ1v) is 3.16. The van der Waals surface area contributed by atoms with Gasteiger partial charge in [0.15, 0.2) is 0 Å². The van der Waals surface area contributed by atoms with Crippen LogP contribution in [0.2, 0.25) is 0 Å². The molecule has 52 valence electrons. The minimum atomic E-state index is 0. The van der Waals surface area contributed by atoms with Gasteiger partial charge in [-0.3, -0.25) is 0 Å². The fourth-order valence-corrected chi connectivity index (χ4v) is 0.850. The average molecular weight is 155 g/mol. The van der Waals surface area contributed by atoms with Gasteiger partial charge in [-0.05, 0) is 11.8 Å². The van der Waals surface area contributed by atoms with Crippen LogP contribution in [0, 0.1) is 5.41 Å². The Hall–Kier alpha value is 0.720. The van der Waals surface area contributed by atoms with Gasteiger partial charge in [0.05, 0.1) is 0 Å². The zero-order valence-electron chi connectivity index (χ0n) is 6.00. The van der Waals surface area contributed by atoms with Crippen LogP contribution in [0.3, 0.4) is 0 Å². The Bertz CT molecular complexity index is 47.0. The van der Waals surface area contributed by atoms with E-state index in [2.05, 4.69) is 20.8 Å². The van der Waals surface area contributed by atoms with Gasteiger partial charge in [0.25, 0.3) is 0 Å². The molecule has 0 amide bonds. The Morgan fingerprint density at radius 2 is 1.62 bits per heavy atom. The van der Waals surface area contributed by atoms with Crippen molar-refractivity contribution in [3.8, 4) is 0 Å². The third-order valence-corrected chi connectivity index (χ3v) is 1.03. The van der Waals surface area contributed by atoms with Crippen molar-refractivity contribution in [1.82, 2.24) is 0 Å². The van der Waals surface area contributed by atoms with E-state index in [4.69, 9.17) is 11.6 Å². The Morgan fingerprint density at radius 3 is 1.62 bits per heavy atom. The van der Waals surface area contributed by atoms with Crippen molar-refractivity contribution in [1.29, 1.82) is 0 Å². The normalized spacial score (nSPS) is 10.5. The molecular weight excluding hydrogens is 138 g/mol. The molecule has 0 saturated heterocycles. The van der Waals surface area contributed by atoms with Crippen molar-refractivity contribution in [3.63, 3.8) is 0 Å². The van der Waals surface area contributed by atoms with E-state index in [1.807, 2.05) is 0 Å². The minimum absolute atomic E-state index is 0. The van der Waals surface area contributed by atoms with E-state index in [0.29, 0.717) is 5.41 Å². The third-order valence-electron chi connectivity index (χ3n) is 0.844. The molecule has 0 fully saturated rings. The molecule has 0 aromatic heterocycles. The lowest BCUT2D eigenvalue weighted by Crippen LogP contribution is -2.04. The molecule has 0 N–H and O–H groups in total. The number of halogens is 1. The lowest BCUT2D eigenvalue weighted by Gasteiger charge is -2.14. The van der Waals surface area contributed by atoms with Crippen LogP contribution < -0.4 is 0 Å². The highest BCUT2D eigenvalue weighted by molar-refractivity contribution is 6.92. The second kappa shape index (κ2) is 4.58. The number of hydrogen-bond donors (Lipinski definition) is 0. The molecule has 0 bridgehead atoms. The van der Waals surface area contributed by atoms with Crippen LogP contribution in [0.1, 0.15) is 27.2 Å². The Morgan fingerprint density at radius 1 is 1.25 bits per heavy atom. The molecule has 0 rings (SSSR count). The largest absolute Gasteiger partial charge is 0.153 e. The second-order valence-corrected chi connectivity index (χ2v) is 3.38. The van der Waals surface area contributed by atoms with Gasteiger partial charge in [-0.15, -0.1) is 11.6 Å². The van der Waals surface area contributed by atoms with E-state index in [0.717, 1.165) is 12.3 Å². The van der Waals surface area contributed by atoms with Crippen molar-refractivity contribution in [2.75, 3.05) is 5.88 Å². The van der Waals surface area contributed by atoms with Gasteiger partial charge >= 0.3 is 0 Å². The van der Waals surface area contributed by atoms with Crippen LogP contribution in [0.15, 0.2) is 0 Å². The molecule has 0 nitrogen and oxygen atoms in total. The quantitative estimate of drug-likeness (QED) is 0.403. The fourth-order valence-electron chi connectivity index (χ4n) is 0.283. The fraction of sp³-hybridized carbons (Fsp3) is 1.00. The van der Waals surface area contributed by atoms with Crippen LogP contribution >= 0.6 is 21.5 Å². The molecule has 1 atom stereocenters. The van der Waals surface area contributed by atoms with E-state index in [-0.39, 0.29) is 9.90 Å². The number of alkyl halides is 1. The summed E-state index contributed by atoms with van der Waals surface area (Å²) in [7, 11) is 0. The molecule has 0 spiro atoms. The molecule has 0 radical (unpaired) electrons. The SMILES string of the molecule is CC(C)(C)CCCl.P. The average Bonchev–Trinajstić information content (AvgIpc) is 1.30. The van der Waals surface area contributed by atoms with E-state index >= 15 is 0 Å². The molecule has 2 heteroatoms. The van der Waals surface area contributed by atoms with Crippen LogP contribution in [0.5, 0.6) is 0 Å². The van der Waals surface area contributed by atoms with Crippen molar-refractivity contribution >= 4 is 21.5 Å². The van der Waals surface area contributed by atoms with Crippen molar-refractivity contribution < 1.29 is 0 Å². The predicted octanol–water partition coefficient (Wildman–Crippen LogP) is 2.72. The van der Waals surface area contributed by atoms with Gasteiger partial charge < -0.3 is 0 Å². The van der Waals surface area contributed by atoms with Crippen LogP contribution in [0.4, 0.5) is 0 Å². The lowest BCUT2D eigenvalue weighted by atomic mass is 9.94. The minimum Gasteiger partial charge on any atom is -0.153 e. The summed E-state index contributed by atoms with van der Waals surface area (Å²) in [6, 6.07) is 0. The first kappa shape index (κ1) is 11.5. The van der Waals surface area contributed by atoms with Gasteiger partial charge in [-0.2, -0.15) is 9.90 Å². The molecule has 0 aromatic carbocycles. The van der Waals surface area contributed by atoms with E-state index in [9.17, 15) is 0 Å². The Labute approximate surface area is 60.6 Å². The molecule has 0 aliphatic heterocycles. The molecule has 0 aliphatic rings. The Kier molecular flexibility index (Phi) is 6.60. The van der Waals surface area contributed by atoms with E-state index < -0.39 is 0 Å². The third kappa shape index (κ3) is 9.87.